The van der Waals surface area contributed by atoms with Crippen LogP contribution in [0.4, 0.5) is 5.82 Å². The van der Waals surface area contributed by atoms with Crippen LogP contribution in [0.25, 0.3) is 11.1 Å². The summed E-state index contributed by atoms with van der Waals surface area (Å²) in [6.45, 7) is 0. The zero-order valence-corrected chi connectivity index (χ0v) is 10.4. The second-order valence-corrected chi connectivity index (χ2v) is 4.03. The molecule has 0 aliphatic carbocycles. The molecule has 92 valence electrons. The van der Waals surface area contributed by atoms with Gasteiger partial charge in [0.1, 0.15) is 5.82 Å². The highest BCUT2D eigenvalue weighted by Crippen LogP contribution is 2.30. The van der Waals surface area contributed by atoms with Gasteiger partial charge in [-0.05, 0) is 12.1 Å². The molecule has 0 aliphatic heterocycles. The normalized spacial score (nSPS) is 10.1. The number of carbonyl (C=O) groups excluding carboxylic acids is 1. The average Bonchev–Trinajstić information content (AvgIpc) is 2.39. The first-order valence-corrected chi connectivity index (χ1v) is 5.60. The van der Waals surface area contributed by atoms with Gasteiger partial charge in [0.15, 0.2) is 0 Å². The number of esters is 1. The molecule has 1 aromatic heterocycles. The van der Waals surface area contributed by atoms with Crippen molar-refractivity contribution in [1.82, 2.24) is 4.98 Å². The molecule has 0 atom stereocenters. The third-order valence-corrected chi connectivity index (χ3v) is 2.82. The number of pyridine rings is 1. The van der Waals surface area contributed by atoms with Gasteiger partial charge < -0.3 is 10.5 Å². The van der Waals surface area contributed by atoms with Crippen molar-refractivity contribution in [2.75, 3.05) is 12.8 Å². The van der Waals surface area contributed by atoms with Crippen LogP contribution in [0, 0.1) is 0 Å². The van der Waals surface area contributed by atoms with E-state index in [-0.39, 0.29) is 5.82 Å². The van der Waals surface area contributed by atoms with Crippen LogP contribution in [-0.2, 0) is 4.74 Å². The lowest BCUT2D eigenvalue weighted by molar-refractivity contribution is 0.0601. The second-order valence-electron chi connectivity index (χ2n) is 3.63. The van der Waals surface area contributed by atoms with Crippen LogP contribution >= 0.6 is 11.6 Å². The van der Waals surface area contributed by atoms with E-state index in [1.165, 1.54) is 19.4 Å². The quantitative estimate of drug-likeness (QED) is 0.845. The van der Waals surface area contributed by atoms with Crippen molar-refractivity contribution in [1.29, 1.82) is 0 Å². The summed E-state index contributed by atoms with van der Waals surface area (Å²) < 4.78 is 4.73. The zero-order chi connectivity index (χ0) is 13.1. The van der Waals surface area contributed by atoms with Gasteiger partial charge in [-0.2, -0.15) is 0 Å². The molecular formula is C13H11ClN2O2. The highest BCUT2D eigenvalue weighted by atomic mass is 35.5. The standard InChI is InChI=1S/C13H11ClN2O2/c1-18-13(17)9-6-12(15)16-7-10(9)8-4-2-3-5-11(8)14/h2-7H,1H3,(H2,15,16). The first kappa shape index (κ1) is 12.4. The molecule has 2 N–H and O–H groups in total. The van der Waals surface area contributed by atoms with Gasteiger partial charge in [0.05, 0.1) is 12.7 Å². The van der Waals surface area contributed by atoms with E-state index >= 15 is 0 Å². The molecule has 0 spiro atoms. The lowest BCUT2D eigenvalue weighted by Gasteiger charge is -2.09. The molecule has 18 heavy (non-hydrogen) atoms. The lowest BCUT2D eigenvalue weighted by atomic mass is 10.0. The van der Waals surface area contributed by atoms with Crippen molar-refractivity contribution in [2.24, 2.45) is 0 Å². The minimum atomic E-state index is -0.473. The monoisotopic (exact) mass is 262 g/mol. The molecule has 0 saturated heterocycles. The summed E-state index contributed by atoms with van der Waals surface area (Å²) in [5.41, 5.74) is 7.24. The van der Waals surface area contributed by atoms with Gasteiger partial charge in [-0.15, -0.1) is 0 Å². The molecule has 4 nitrogen and oxygen atoms in total. The fourth-order valence-electron chi connectivity index (χ4n) is 1.64. The number of methoxy groups -OCH3 is 1. The Morgan fingerprint density at radius 3 is 2.72 bits per heavy atom. The van der Waals surface area contributed by atoms with Crippen LogP contribution < -0.4 is 5.73 Å². The lowest BCUT2D eigenvalue weighted by Crippen LogP contribution is -2.06. The van der Waals surface area contributed by atoms with E-state index in [1.54, 1.807) is 6.07 Å². The fourth-order valence-corrected chi connectivity index (χ4v) is 1.88. The fraction of sp³-hybridized carbons (Fsp3) is 0.0769. The van der Waals surface area contributed by atoms with Crippen LogP contribution in [0.1, 0.15) is 10.4 Å². The van der Waals surface area contributed by atoms with Crippen LogP contribution in [-0.4, -0.2) is 18.1 Å². The molecule has 5 heteroatoms. The number of nitrogens with two attached hydrogens (primary N) is 1. The number of anilines is 1. The van der Waals surface area contributed by atoms with Gasteiger partial charge in [0, 0.05) is 22.3 Å². The van der Waals surface area contributed by atoms with E-state index in [0.717, 1.165) is 0 Å². The summed E-state index contributed by atoms with van der Waals surface area (Å²) >= 11 is 6.11. The molecule has 2 aromatic rings. The van der Waals surface area contributed by atoms with E-state index in [2.05, 4.69) is 4.98 Å². The summed E-state index contributed by atoms with van der Waals surface area (Å²) in [5, 5.41) is 0.536. The Morgan fingerprint density at radius 2 is 2.06 bits per heavy atom. The summed E-state index contributed by atoms with van der Waals surface area (Å²) in [7, 11) is 1.31. The highest BCUT2D eigenvalue weighted by molar-refractivity contribution is 6.33. The number of hydrogen-bond donors (Lipinski definition) is 1. The minimum Gasteiger partial charge on any atom is -0.465 e. The van der Waals surface area contributed by atoms with Crippen LogP contribution in [0.15, 0.2) is 36.5 Å². The maximum Gasteiger partial charge on any atom is 0.338 e. The van der Waals surface area contributed by atoms with Crippen molar-refractivity contribution in [3.8, 4) is 11.1 Å². The zero-order valence-electron chi connectivity index (χ0n) is 9.68. The molecule has 0 saturated carbocycles. The molecule has 0 amide bonds. The molecule has 2 rings (SSSR count). The number of halogens is 1. The van der Waals surface area contributed by atoms with Gasteiger partial charge in [-0.3, -0.25) is 0 Å². The van der Waals surface area contributed by atoms with Crippen molar-refractivity contribution in [3.05, 3.63) is 47.1 Å². The van der Waals surface area contributed by atoms with Crippen molar-refractivity contribution in [2.45, 2.75) is 0 Å². The number of ether oxygens (including phenoxy) is 1. The number of carbonyl (C=O) groups is 1. The van der Waals surface area contributed by atoms with Gasteiger partial charge in [-0.1, -0.05) is 29.8 Å². The molecule has 1 heterocycles. The average molecular weight is 263 g/mol. The number of aromatic nitrogens is 1. The second kappa shape index (κ2) is 5.06. The molecular weight excluding hydrogens is 252 g/mol. The Kier molecular flexibility index (Phi) is 3.48. The summed E-state index contributed by atoms with van der Waals surface area (Å²) in [6.07, 6.45) is 1.52. The smallest absolute Gasteiger partial charge is 0.338 e. The van der Waals surface area contributed by atoms with Gasteiger partial charge >= 0.3 is 5.97 Å². The summed E-state index contributed by atoms with van der Waals surface area (Å²) in [4.78, 5) is 15.7. The summed E-state index contributed by atoms with van der Waals surface area (Å²) in [5.74, 6) is -0.217. The Balaban J connectivity index is 2.64. The Morgan fingerprint density at radius 1 is 1.33 bits per heavy atom. The topological polar surface area (TPSA) is 65.2 Å². The first-order valence-electron chi connectivity index (χ1n) is 5.22. The number of benzene rings is 1. The predicted octanol–water partition coefficient (Wildman–Crippen LogP) is 2.77. The minimum absolute atomic E-state index is 0.256. The third kappa shape index (κ3) is 2.28. The Bertz CT molecular complexity index is 599. The van der Waals surface area contributed by atoms with Crippen molar-refractivity contribution < 1.29 is 9.53 Å². The largest absolute Gasteiger partial charge is 0.465 e. The summed E-state index contributed by atoms with van der Waals surface area (Å²) in [6, 6.07) is 8.67. The predicted molar refractivity (Wildman–Crippen MR) is 70.4 cm³/mol. The third-order valence-electron chi connectivity index (χ3n) is 2.49. The maximum atomic E-state index is 11.7. The number of rotatable bonds is 2. The van der Waals surface area contributed by atoms with E-state index < -0.39 is 5.97 Å². The van der Waals surface area contributed by atoms with Gasteiger partial charge in [0.2, 0.25) is 0 Å². The van der Waals surface area contributed by atoms with Gasteiger partial charge in [0.25, 0.3) is 0 Å². The molecule has 0 radical (unpaired) electrons. The molecule has 0 aliphatic rings. The number of nitrogens with zero attached hydrogens (tertiary/aromatic N) is 1. The number of hydrogen-bond acceptors (Lipinski definition) is 4. The highest BCUT2D eigenvalue weighted by Gasteiger charge is 2.16. The van der Waals surface area contributed by atoms with Crippen LogP contribution in [0.5, 0.6) is 0 Å². The SMILES string of the molecule is COC(=O)c1cc(N)ncc1-c1ccccc1Cl. The van der Waals surface area contributed by atoms with E-state index in [9.17, 15) is 4.79 Å². The van der Waals surface area contributed by atoms with E-state index in [1.807, 2.05) is 18.2 Å². The van der Waals surface area contributed by atoms with Crippen LogP contribution in [0.2, 0.25) is 5.02 Å². The number of nitrogen functional groups attached to an aromatic ring is 1. The Labute approximate surface area is 109 Å². The molecule has 0 unspecified atom stereocenters. The van der Waals surface area contributed by atoms with E-state index in [0.29, 0.717) is 21.7 Å². The van der Waals surface area contributed by atoms with Crippen molar-refractivity contribution in [3.63, 3.8) is 0 Å². The molecule has 0 bridgehead atoms. The van der Waals surface area contributed by atoms with Crippen molar-refractivity contribution >= 4 is 23.4 Å². The molecule has 0 fully saturated rings. The Hall–Kier alpha value is -2.07. The maximum absolute atomic E-state index is 11.7. The van der Waals surface area contributed by atoms with E-state index in [4.69, 9.17) is 22.1 Å². The first-order chi connectivity index (χ1) is 8.63. The van der Waals surface area contributed by atoms with Gasteiger partial charge in [-0.25, -0.2) is 9.78 Å². The van der Waals surface area contributed by atoms with Crippen LogP contribution in [0.3, 0.4) is 0 Å². The molecule has 1 aromatic carbocycles.